The second kappa shape index (κ2) is 32.0. The number of carbonyl (C=O) groups is 1. The van der Waals surface area contributed by atoms with Crippen LogP contribution in [0.5, 0.6) is 11.5 Å². The minimum Gasteiger partial charge on any atom is -1.00 e. The van der Waals surface area contributed by atoms with Crippen molar-refractivity contribution in [3.05, 3.63) is 150 Å². The summed E-state index contributed by atoms with van der Waals surface area (Å²) >= 11 is 46.3. The molecule has 0 unspecified atom stereocenters. The van der Waals surface area contributed by atoms with Gasteiger partial charge in [-0.15, -0.1) is 0 Å². The number of phenols is 2. The maximum Gasteiger partial charge on any atom is 1.00 e. The van der Waals surface area contributed by atoms with Crippen molar-refractivity contribution in [1.29, 1.82) is 0 Å². The molecule has 0 spiro atoms. The van der Waals surface area contributed by atoms with Crippen molar-refractivity contribution in [3.63, 3.8) is 0 Å². The second-order valence-electron chi connectivity index (χ2n) is 10.8. The van der Waals surface area contributed by atoms with Crippen molar-refractivity contribution in [2.75, 3.05) is 7.15 Å². The average molecular weight is 1330 g/mol. The first-order chi connectivity index (χ1) is 28.7. The molecular formula is C38H24BBr3Cl6F3IK2O8. The first-order valence-electron chi connectivity index (χ1n) is 16.2. The molecule has 0 aliphatic heterocycles. The number of hydrogen-bond acceptors (Lipinski definition) is 8. The zero-order chi connectivity index (χ0) is 46.1. The summed E-state index contributed by atoms with van der Waals surface area (Å²) in [4.78, 5) is 11.2. The van der Waals surface area contributed by atoms with Crippen LogP contribution in [0.15, 0.2) is 109 Å². The van der Waals surface area contributed by atoms with Gasteiger partial charge >= 0.3 is 110 Å². The van der Waals surface area contributed by atoms with Crippen molar-refractivity contribution in [1.82, 2.24) is 0 Å². The van der Waals surface area contributed by atoms with E-state index >= 15 is 0 Å². The third-order valence-electron chi connectivity index (χ3n) is 7.02. The third-order valence-corrected chi connectivity index (χ3v) is 11.2. The van der Waals surface area contributed by atoms with Gasteiger partial charge in [-0.2, -0.15) is 0 Å². The molecule has 0 aliphatic rings. The van der Waals surface area contributed by atoms with Crippen molar-refractivity contribution < 1.29 is 158 Å². The summed E-state index contributed by atoms with van der Waals surface area (Å²) in [5, 5.41) is 49.0. The first kappa shape index (κ1) is 61.1. The fraction of sp³-hybridized carbons (Fsp3) is 0.0263. The molecule has 6 aromatic carbocycles. The zero-order valence-corrected chi connectivity index (χ0v) is 49.1. The summed E-state index contributed by atoms with van der Waals surface area (Å²) in [6, 6.07) is 24.5. The summed E-state index contributed by atoms with van der Waals surface area (Å²) in [5.41, 5.74) is 1.84. The van der Waals surface area contributed by atoms with Gasteiger partial charge in [-0.3, -0.25) is 9.18 Å². The average Bonchev–Trinajstić information content (AvgIpc) is 3.59. The molecule has 0 saturated carbocycles. The number of aromatic hydroxyl groups is 2. The Morgan fingerprint density at radius 1 is 0.726 bits per heavy atom. The Labute approximate surface area is 510 Å². The summed E-state index contributed by atoms with van der Waals surface area (Å²) in [5.74, 6) is -1.21. The van der Waals surface area contributed by atoms with Gasteiger partial charge in [0.05, 0.1) is 40.6 Å². The van der Waals surface area contributed by atoms with E-state index in [1.54, 1.807) is 30.3 Å². The van der Waals surface area contributed by atoms with E-state index in [4.69, 9.17) is 101 Å². The molecule has 0 fully saturated rings. The molecular weight excluding hydrogens is 1310 g/mol. The molecule has 8 nitrogen and oxygen atoms in total. The largest absolute Gasteiger partial charge is 1.00 e. The molecule has 0 amide bonds. The SMILES string of the molecule is Clc1cc(Cl)c2oc3c(Br)cccc3c2c1.O=CO[O-].OB(O)c1cccc(Br)c1F.Oc1c(Cl)cc(Cl)cc1-c1cccc(Br)c1F.Oc1c(Cl)cc(Cl)cc1I.[2H]CF.[H-].[K+].[K+]. The molecule has 1 heterocycles. The van der Waals surface area contributed by atoms with Crippen LogP contribution in [-0.2, 0) is 9.68 Å². The van der Waals surface area contributed by atoms with Gasteiger partial charge < -0.3 is 36.2 Å². The topological polar surface area (TPSA) is 143 Å². The van der Waals surface area contributed by atoms with E-state index in [-0.39, 0.29) is 153 Å². The van der Waals surface area contributed by atoms with Crippen molar-refractivity contribution >= 4 is 181 Å². The molecule has 7 rings (SSSR count). The number of phenolic OH excluding ortho intramolecular Hbond substituents is 2. The van der Waals surface area contributed by atoms with Gasteiger partial charge in [0, 0.05) is 42.4 Å². The van der Waals surface area contributed by atoms with Crippen molar-refractivity contribution in [2.24, 2.45) is 0 Å². The van der Waals surface area contributed by atoms with E-state index in [1.165, 1.54) is 36.4 Å². The number of furan rings is 1. The number of halogens is 13. The zero-order valence-electron chi connectivity index (χ0n) is 33.4. The number of alkyl halides is 1. The van der Waals surface area contributed by atoms with Crippen molar-refractivity contribution in [3.8, 4) is 22.6 Å². The smallest absolute Gasteiger partial charge is 1.00 e. The number of para-hydroxylation sites is 1. The minimum absolute atomic E-state index is 0. The molecule has 0 atom stereocenters. The van der Waals surface area contributed by atoms with Crippen molar-refractivity contribution in [2.45, 2.75) is 0 Å². The number of benzene rings is 6. The quantitative estimate of drug-likeness (QED) is 0.0466. The predicted octanol–water partition coefficient (Wildman–Crippen LogP) is 7.64. The molecule has 7 aromatic rings. The number of rotatable bonds is 3. The Kier molecular flexibility index (Phi) is 31.6. The second-order valence-corrected chi connectivity index (χ2v) is 17.1. The molecule has 1 aromatic heterocycles. The van der Waals surface area contributed by atoms with Crippen LogP contribution in [0, 0.1) is 15.2 Å². The molecule has 0 aliphatic carbocycles. The Bertz CT molecular complexity index is 2580. The predicted molar refractivity (Wildman–Crippen MR) is 253 cm³/mol. The Morgan fingerprint density at radius 2 is 1.19 bits per heavy atom. The van der Waals surface area contributed by atoms with E-state index in [9.17, 15) is 18.3 Å². The van der Waals surface area contributed by atoms with Gasteiger partial charge in [0.2, 0.25) is 0 Å². The molecule has 4 N–H and O–H groups in total. The van der Waals surface area contributed by atoms with Crippen LogP contribution >= 0.6 is 140 Å². The molecule has 24 heteroatoms. The monoisotopic (exact) mass is 1330 g/mol. The van der Waals surface area contributed by atoms with Gasteiger partial charge in [-0.05, 0) is 125 Å². The van der Waals surface area contributed by atoms with Gasteiger partial charge in [0.1, 0.15) is 28.7 Å². The Balaban J connectivity index is 0. The standard InChI is InChI=1S/C12H6BrCl2FO.C12H5BrCl2O.C6H5BBrFO2.C6H3Cl2IO.CH3F.CH2O3.2K.H/c13-9-3-1-2-7(11(9)16)8-4-6(14)5-10(15)12(8)17;13-9-3-1-2-7-8-4-6(14)5-10(15)12(8)16-11(7)9;8-5-3-1-2-4(6(5)9)7(10)11;7-3-1-4(8)6(10)5(9)2-3;1-2;2-1-4-3;;;/h1-5,17H;1-5H;1-3,10-11H;1-2,10H;1H3;1,3H;;;/q;;;;;;2*+1;-1/p-1/i;;;;1D;;;;. The van der Waals surface area contributed by atoms with Gasteiger partial charge in [-0.1, -0.05) is 106 Å². The third kappa shape index (κ3) is 18.9. The summed E-state index contributed by atoms with van der Waals surface area (Å²) in [7, 11) is -2.76. The van der Waals surface area contributed by atoms with E-state index < -0.39 is 25.9 Å². The maximum atomic E-state index is 13.9. The summed E-state index contributed by atoms with van der Waals surface area (Å²) < 4.78 is 50.1. The maximum absolute atomic E-state index is 13.9. The van der Waals surface area contributed by atoms with E-state index in [0.29, 0.717) is 33.7 Å². The Hall–Kier alpha value is 1.11. The van der Waals surface area contributed by atoms with E-state index in [1.807, 2.05) is 46.9 Å². The number of carbonyl (C=O) groups excluding carboxylic acids is 1. The summed E-state index contributed by atoms with van der Waals surface area (Å²) in [6.07, 6.45) is 0. The van der Waals surface area contributed by atoms with Gasteiger partial charge in [0.15, 0.2) is 5.58 Å². The van der Waals surface area contributed by atoms with Crippen LogP contribution in [0.25, 0.3) is 33.1 Å². The number of fused-ring (bicyclic) bond motifs is 3. The molecule has 0 saturated heterocycles. The minimum atomic E-state index is -1.76. The molecule has 0 radical (unpaired) electrons. The molecule has 0 bridgehead atoms. The van der Waals surface area contributed by atoms with Crippen LogP contribution in [0.4, 0.5) is 13.2 Å². The van der Waals surface area contributed by atoms with Crippen LogP contribution in [0.1, 0.15) is 2.80 Å². The van der Waals surface area contributed by atoms with Crippen LogP contribution < -0.4 is 113 Å². The Morgan fingerprint density at radius 3 is 1.73 bits per heavy atom. The van der Waals surface area contributed by atoms with Crippen LogP contribution in [0.2, 0.25) is 30.1 Å². The fourth-order valence-electron chi connectivity index (χ4n) is 4.53. The summed E-state index contributed by atoms with van der Waals surface area (Å²) in [6.45, 7) is -0.181. The molecule has 62 heavy (non-hydrogen) atoms. The fourth-order valence-corrected chi connectivity index (χ4v) is 8.21. The van der Waals surface area contributed by atoms with Gasteiger partial charge in [0.25, 0.3) is 6.47 Å². The van der Waals surface area contributed by atoms with E-state index in [0.717, 1.165) is 20.8 Å². The van der Waals surface area contributed by atoms with Crippen LogP contribution in [-0.4, -0.2) is 41.0 Å². The molecule has 320 valence electrons. The first-order valence-corrected chi connectivity index (χ1v) is 21.3. The number of hydrogen-bond donors (Lipinski definition) is 4. The van der Waals surface area contributed by atoms with Gasteiger partial charge in [-0.25, -0.2) is 8.78 Å². The van der Waals surface area contributed by atoms with E-state index in [2.05, 4.69) is 52.7 Å². The van der Waals surface area contributed by atoms with Crippen LogP contribution in [0.3, 0.4) is 0 Å². The normalized spacial score (nSPS) is 9.84.